The Morgan fingerprint density at radius 2 is 1.69 bits per heavy atom. The van der Waals surface area contributed by atoms with E-state index in [1.54, 1.807) is 64.3 Å². The summed E-state index contributed by atoms with van der Waals surface area (Å²) in [7, 11) is -2.05. The van der Waals surface area contributed by atoms with E-state index in [-0.39, 0.29) is 19.0 Å². The van der Waals surface area contributed by atoms with Gasteiger partial charge in [-0.05, 0) is 56.2 Å². The molecule has 2 rings (SSSR count). The van der Waals surface area contributed by atoms with Crippen LogP contribution in [0, 0.1) is 6.92 Å². The van der Waals surface area contributed by atoms with E-state index < -0.39 is 13.3 Å². The third-order valence-electron chi connectivity index (χ3n) is 3.96. The van der Waals surface area contributed by atoms with Gasteiger partial charge in [0.15, 0.2) is 0 Å². The van der Waals surface area contributed by atoms with Crippen LogP contribution in [0.15, 0.2) is 36.4 Å². The second-order valence-electron chi connectivity index (χ2n) is 5.71. The van der Waals surface area contributed by atoms with Crippen LogP contribution in [0.2, 0.25) is 5.02 Å². The average molecular weight is 399 g/mol. The Balaban J connectivity index is 2.70. The van der Waals surface area contributed by atoms with Crippen molar-refractivity contribution in [2.75, 3.05) is 20.3 Å². The summed E-state index contributed by atoms with van der Waals surface area (Å²) in [5, 5.41) is 11.1. The van der Waals surface area contributed by atoms with Crippen molar-refractivity contribution in [1.82, 2.24) is 0 Å². The summed E-state index contributed by atoms with van der Waals surface area (Å²) in [5.74, 6) is 0.691. The molecule has 2 aromatic carbocycles. The van der Waals surface area contributed by atoms with Crippen LogP contribution in [0.3, 0.4) is 0 Å². The van der Waals surface area contributed by atoms with Gasteiger partial charge in [-0.2, -0.15) is 0 Å². The predicted octanol–water partition coefficient (Wildman–Crippen LogP) is 5.72. The number of aryl methyl sites for hydroxylation is 1. The molecular formula is C19H24ClO5P. The van der Waals surface area contributed by atoms with Crippen molar-refractivity contribution in [2.24, 2.45) is 0 Å². The lowest BCUT2D eigenvalue weighted by atomic mass is 10.0. The molecule has 0 amide bonds. The van der Waals surface area contributed by atoms with Gasteiger partial charge in [-0.15, -0.1) is 0 Å². The Morgan fingerprint density at radius 1 is 1.12 bits per heavy atom. The summed E-state index contributed by atoms with van der Waals surface area (Å²) in [6, 6.07) is 10.3. The zero-order valence-electron chi connectivity index (χ0n) is 15.4. The van der Waals surface area contributed by atoms with Gasteiger partial charge in [0.25, 0.3) is 0 Å². The lowest BCUT2D eigenvalue weighted by Gasteiger charge is -2.28. The molecule has 0 saturated heterocycles. The fraction of sp³-hybridized carbons (Fsp3) is 0.368. The quantitative estimate of drug-likeness (QED) is 0.576. The molecule has 0 spiro atoms. The van der Waals surface area contributed by atoms with Gasteiger partial charge in [0.2, 0.25) is 0 Å². The van der Waals surface area contributed by atoms with Crippen molar-refractivity contribution < 1.29 is 23.5 Å². The topological polar surface area (TPSA) is 65.0 Å². The van der Waals surface area contributed by atoms with E-state index in [0.717, 1.165) is 0 Å². The molecule has 0 fully saturated rings. The SMILES string of the molecule is CCOP(=O)(OCC)[C@H](c1ccc(OC)cc1)c1cc(Cl)cc(C)c1O. The molecule has 0 aliphatic carbocycles. The van der Waals surface area contributed by atoms with Gasteiger partial charge >= 0.3 is 7.60 Å². The molecule has 26 heavy (non-hydrogen) atoms. The van der Waals surface area contributed by atoms with E-state index in [9.17, 15) is 9.67 Å². The van der Waals surface area contributed by atoms with Crippen molar-refractivity contribution in [2.45, 2.75) is 26.4 Å². The van der Waals surface area contributed by atoms with E-state index >= 15 is 0 Å². The molecule has 7 heteroatoms. The van der Waals surface area contributed by atoms with Crippen molar-refractivity contribution >= 4 is 19.2 Å². The second-order valence-corrected chi connectivity index (χ2v) is 8.26. The van der Waals surface area contributed by atoms with E-state index in [2.05, 4.69) is 0 Å². The number of methoxy groups -OCH3 is 1. The van der Waals surface area contributed by atoms with E-state index in [0.29, 0.717) is 27.5 Å². The molecule has 0 heterocycles. The highest BCUT2D eigenvalue weighted by atomic mass is 35.5. The number of phenols is 1. The number of ether oxygens (including phenoxy) is 1. The maximum atomic E-state index is 13.6. The molecule has 0 aromatic heterocycles. The summed E-state index contributed by atoms with van der Waals surface area (Å²) in [6.07, 6.45) is 0. The van der Waals surface area contributed by atoms with Crippen LogP contribution >= 0.6 is 19.2 Å². The van der Waals surface area contributed by atoms with E-state index in [4.69, 9.17) is 25.4 Å². The van der Waals surface area contributed by atoms with Crippen LogP contribution in [0.5, 0.6) is 11.5 Å². The molecule has 0 aliphatic rings. The third kappa shape index (κ3) is 4.41. The Labute approximate surface area is 159 Å². The fourth-order valence-corrected chi connectivity index (χ4v) is 5.28. The Hall–Kier alpha value is -1.52. The Bertz CT molecular complexity index is 781. The normalized spacial score (nSPS) is 12.8. The number of hydrogen-bond donors (Lipinski definition) is 1. The van der Waals surface area contributed by atoms with Gasteiger partial charge in [-0.1, -0.05) is 23.7 Å². The van der Waals surface area contributed by atoms with E-state index in [1.165, 1.54) is 0 Å². The fourth-order valence-electron chi connectivity index (χ4n) is 2.83. The number of halogens is 1. The summed E-state index contributed by atoms with van der Waals surface area (Å²) < 4.78 is 30.0. The lowest BCUT2D eigenvalue weighted by molar-refractivity contribution is 0.214. The van der Waals surface area contributed by atoms with Crippen molar-refractivity contribution in [3.63, 3.8) is 0 Å². The van der Waals surface area contributed by atoms with Crippen LogP contribution in [-0.2, 0) is 13.6 Å². The molecule has 2 aromatic rings. The Kier molecular flexibility index (Phi) is 7.13. The van der Waals surface area contributed by atoms with Crippen LogP contribution < -0.4 is 4.74 Å². The number of hydrogen-bond acceptors (Lipinski definition) is 5. The molecule has 142 valence electrons. The molecule has 0 radical (unpaired) electrons. The van der Waals surface area contributed by atoms with Crippen molar-refractivity contribution in [3.05, 3.63) is 58.1 Å². The molecule has 0 unspecified atom stereocenters. The number of aromatic hydroxyl groups is 1. The van der Waals surface area contributed by atoms with Crippen LogP contribution in [0.4, 0.5) is 0 Å². The zero-order valence-corrected chi connectivity index (χ0v) is 17.0. The van der Waals surface area contributed by atoms with Gasteiger partial charge in [-0.3, -0.25) is 4.57 Å². The first-order valence-corrected chi connectivity index (χ1v) is 10.4. The Morgan fingerprint density at radius 3 is 2.19 bits per heavy atom. The third-order valence-corrected chi connectivity index (χ3v) is 6.62. The number of benzene rings is 2. The maximum absolute atomic E-state index is 13.6. The summed E-state index contributed by atoms with van der Waals surface area (Å²) >= 11 is 6.20. The highest BCUT2D eigenvalue weighted by Gasteiger charge is 2.40. The maximum Gasteiger partial charge on any atom is 0.342 e. The largest absolute Gasteiger partial charge is 0.507 e. The van der Waals surface area contributed by atoms with Gasteiger partial charge in [0, 0.05) is 10.6 Å². The summed E-state index contributed by atoms with van der Waals surface area (Å²) in [4.78, 5) is 0. The summed E-state index contributed by atoms with van der Waals surface area (Å²) in [5.41, 5.74) is 0.856. The first-order valence-electron chi connectivity index (χ1n) is 8.38. The number of phenolic OH excluding ortho intramolecular Hbond substituents is 1. The monoisotopic (exact) mass is 398 g/mol. The molecular weight excluding hydrogens is 375 g/mol. The van der Waals surface area contributed by atoms with E-state index in [1.807, 2.05) is 0 Å². The minimum absolute atomic E-state index is 0.0230. The molecule has 5 nitrogen and oxygen atoms in total. The lowest BCUT2D eigenvalue weighted by Crippen LogP contribution is -2.09. The highest BCUT2D eigenvalue weighted by molar-refractivity contribution is 7.54. The smallest absolute Gasteiger partial charge is 0.342 e. The summed E-state index contributed by atoms with van der Waals surface area (Å²) in [6.45, 7) is 5.66. The van der Waals surface area contributed by atoms with Gasteiger partial charge < -0.3 is 18.9 Å². The molecule has 0 saturated carbocycles. The minimum Gasteiger partial charge on any atom is -0.507 e. The van der Waals surface area contributed by atoms with Crippen LogP contribution in [0.1, 0.15) is 36.2 Å². The first kappa shape index (κ1) is 20.8. The van der Waals surface area contributed by atoms with Crippen LogP contribution in [-0.4, -0.2) is 25.4 Å². The zero-order chi connectivity index (χ0) is 19.3. The van der Waals surface area contributed by atoms with Crippen LogP contribution in [0.25, 0.3) is 0 Å². The van der Waals surface area contributed by atoms with Crippen molar-refractivity contribution in [3.8, 4) is 11.5 Å². The molecule has 0 aliphatic heterocycles. The predicted molar refractivity (Wildman–Crippen MR) is 104 cm³/mol. The first-order chi connectivity index (χ1) is 12.4. The molecule has 1 N–H and O–H groups in total. The standard InChI is InChI=1S/C19H24ClO5P/c1-5-24-26(22,25-6-2)19(14-7-9-16(23-4)10-8-14)17-12-15(20)11-13(3)18(17)21/h7-12,19,21H,5-6H2,1-4H3/t19-/m1/s1. The van der Waals surface area contributed by atoms with Gasteiger partial charge in [-0.25, -0.2) is 0 Å². The van der Waals surface area contributed by atoms with Gasteiger partial charge in [0.05, 0.1) is 20.3 Å². The average Bonchev–Trinajstić information content (AvgIpc) is 2.60. The highest BCUT2D eigenvalue weighted by Crippen LogP contribution is 2.65. The minimum atomic E-state index is -3.62. The van der Waals surface area contributed by atoms with Gasteiger partial charge in [0.1, 0.15) is 17.2 Å². The second kappa shape index (κ2) is 8.92. The number of rotatable bonds is 8. The molecule has 1 atom stereocenters. The molecule has 0 bridgehead atoms. The van der Waals surface area contributed by atoms with Crippen molar-refractivity contribution in [1.29, 1.82) is 0 Å².